The Kier molecular flexibility index (Phi) is 5.13. The van der Waals surface area contributed by atoms with E-state index in [0.717, 1.165) is 0 Å². The molecule has 104 valence electrons. The number of carboxylic acid groups (broad SMARTS) is 1. The Bertz CT molecular complexity index is 446. The molecule has 0 heterocycles. The fourth-order valence-electron chi connectivity index (χ4n) is 1.35. The van der Waals surface area contributed by atoms with Crippen LogP contribution < -0.4 is 10.2 Å². The van der Waals surface area contributed by atoms with Crippen LogP contribution in [0.3, 0.4) is 0 Å². The van der Waals surface area contributed by atoms with Gasteiger partial charge in [-0.1, -0.05) is 0 Å². The van der Waals surface area contributed by atoms with Crippen molar-refractivity contribution in [2.24, 2.45) is 0 Å². The number of anilines is 1. The van der Waals surface area contributed by atoms with Crippen molar-refractivity contribution in [1.29, 1.82) is 0 Å². The topological polar surface area (TPSA) is 110 Å². The van der Waals surface area contributed by atoms with E-state index in [1.807, 2.05) is 0 Å². The van der Waals surface area contributed by atoms with Gasteiger partial charge in [0, 0.05) is 25.7 Å². The number of benzene rings is 1. The largest absolute Gasteiger partial charge is 0.508 e. The number of hydrogen-bond donors (Lipinski definition) is 4. The number of rotatable bonds is 5. The van der Waals surface area contributed by atoms with E-state index in [2.05, 4.69) is 5.32 Å². The first-order valence-electron chi connectivity index (χ1n) is 5.63. The highest BCUT2D eigenvalue weighted by molar-refractivity contribution is 5.91. The van der Waals surface area contributed by atoms with E-state index in [4.69, 9.17) is 15.3 Å². The highest BCUT2D eigenvalue weighted by atomic mass is 16.4. The third-order valence-electron chi connectivity index (χ3n) is 2.52. The van der Waals surface area contributed by atoms with Crippen molar-refractivity contribution >= 4 is 17.7 Å². The first-order chi connectivity index (χ1) is 8.91. The van der Waals surface area contributed by atoms with E-state index in [1.54, 1.807) is 12.1 Å². The Labute approximate surface area is 110 Å². The molecular formula is C12H16N2O5. The van der Waals surface area contributed by atoms with Crippen molar-refractivity contribution in [3.8, 4) is 5.75 Å². The van der Waals surface area contributed by atoms with Crippen molar-refractivity contribution in [1.82, 2.24) is 5.32 Å². The minimum Gasteiger partial charge on any atom is -0.508 e. The molecule has 0 spiro atoms. The number of phenolic OH excluding ortho intramolecular Hbond substituents is 1. The van der Waals surface area contributed by atoms with Crippen molar-refractivity contribution in [2.75, 3.05) is 18.5 Å². The molecule has 1 atom stereocenters. The maximum Gasteiger partial charge on any atom is 0.332 e. The quantitative estimate of drug-likeness (QED) is 0.617. The predicted octanol–water partition coefficient (Wildman–Crippen LogP) is 0.374. The summed E-state index contributed by atoms with van der Waals surface area (Å²) in [4.78, 5) is 23.4. The van der Waals surface area contributed by atoms with Crippen molar-refractivity contribution in [3.05, 3.63) is 24.3 Å². The van der Waals surface area contributed by atoms with E-state index in [0.29, 0.717) is 5.69 Å². The Morgan fingerprint density at radius 2 is 1.89 bits per heavy atom. The minimum absolute atomic E-state index is 0.0503. The maximum absolute atomic E-state index is 11.7. The number of phenols is 1. The molecule has 0 fully saturated rings. The van der Waals surface area contributed by atoms with Gasteiger partial charge in [0.2, 0.25) is 0 Å². The van der Waals surface area contributed by atoms with Crippen LogP contribution in [0, 0.1) is 0 Å². The standard InChI is InChI=1S/C12H16N2O5/c1-14(8-2-4-9(15)5-3-8)12(19)13-7-6-10(16)11(17)18/h2-5,10,15-16H,6-7H2,1H3,(H,13,19)(H,17,18)/t10-/m0/s1. The molecule has 7 nitrogen and oxygen atoms in total. The Morgan fingerprint density at radius 3 is 2.42 bits per heavy atom. The van der Waals surface area contributed by atoms with Gasteiger partial charge in [0.1, 0.15) is 5.75 Å². The van der Waals surface area contributed by atoms with Gasteiger partial charge in [-0.2, -0.15) is 0 Å². The number of aromatic hydroxyl groups is 1. The van der Waals surface area contributed by atoms with Gasteiger partial charge in [0.05, 0.1) is 0 Å². The van der Waals surface area contributed by atoms with E-state index in [1.165, 1.54) is 24.1 Å². The lowest BCUT2D eigenvalue weighted by Gasteiger charge is -2.18. The molecule has 0 unspecified atom stereocenters. The Balaban J connectivity index is 2.45. The molecule has 1 aromatic carbocycles. The fourth-order valence-corrected chi connectivity index (χ4v) is 1.35. The second kappa shape index (κ2) is 6.60. The van der Waals surface area contributed by atoms with Crippen LogP contribution in [-0.2, 0) is 4.79 Å². The van der Waals surface area contributed by atoms with E-state index < -0.39 is 18.1 Å². The third kappa shape index (κ3) is 4.47. The molecule has 4 N–H and O–H groups in total. The minimum atomic E-state index is -1.49. The zero-order valence-electron chi connectivity index (χ0n) is 10.4. The molecule has 0 bridgehead atoms. The average Bonchev–Trinajstić information content (AvgIpc) is 2.38. The normalized spacial score (nSPS) is 11.7. The Morgan fingerprint density at radius 1 is 1.32 bits per heavy atom. The number of aliphatic hydroxyl groups is 1. The molecule has 0 saturated heterocycles. The first kappa shape index (κ1) is 14.8. The summed E-state index contributed by atoms with van der Waals surface area (Å²) in [6.07, 6.45) is -1.55. The van der Waals surface area contributed by atoms with Crippen LogP contribution in [-0.4, -0.2) is 47.0 Å². The number of carboxylic acids is 1. The number of aliphatic carboxylic acids is 1. The predicted molar refractivity (Wildman–Crippen MR) is 68.2 cm³/mol. The third-order valence-corrected chi connectivity index (χ3v) is 2.52. The second-order valence-electron chi connectivity index (χ2n) is 3.95. The number of urea groups is 1. The SMILES string of the molecule is CN(C(=O)NCC[C@H](O)C(=O)O)c1ccc(O)cc1. The molecule has 0 aliphatic heterocycles. The van der Waals surface area contributed by atoms with Gasteiger partial charge in [-0.25, -0.2) is 9.59 Å². The number of carbonyl (C=O) groups is 2. The summed E-state index contributed by atoms with van der Waals surface area (Å²) in [5.74, 6) is -1.22. The lowest BCUT2D eigenvalue weighted by molar-refractivity contribution is -0.146. The molecule has 0 radical (unpaired) electrons. The number of hydrogen-bond acceptors (Lipinski definition) is 4. The summed E-state index contributed by atoms with van der Waals surface area (Å²) < 4.78 is 0. The van der Waals surface area contributed by atoms with Crippen LogP contribution in [0.2, 0.25) is 0 Å². The smallest absolute Gasteiger partial charge is 0.332 e. The summed E-state index contributed by atoms with van der Waals surface area (Å²) in [6, 6.07) is 5.62. The molecule has 1 rings (SSSR count). The number of carbonyl (C=O) groups excluding carboxylic acids is 1. The molecule has 1 aromatic rings. The molecule has 0 aliphatic carbocycles. The van der Waals surface area contributed by atoms with Crippen molar-refractivity contribution < 1.29 is 24.9 Å². The van der Waals surface area contributed by atoms with E-state index in [9.17, 15) is 9.59 Å². The summed E-state index contributed by atoms with van der Waals surface area (Å²) in [6.45, 7) is 0.0503. The van der Waals surface area contributed by atoms with Gasteiger partial charge >= 0.3 is 12.0 Å². The number of aliphatic hydroxyl groups excluding tert-OH is 1. The van der Waals surface area contributed by atoms with Gasteiger partial charge in [-0.05, 0) is 24.3 Å². The average molecular weight is 268 g/mol. The Hall–Kier alpha value is -2.28. The highest BCUT2D eigenvalue weighted by Crippen LogP contribution is 2.16. The molecule has 0 aliphatic rings. The van der Waals surface area contributed by atoms with E-state index >= 15 is 0 Å². The molecule has 0 saturated carbocycles. The summed E-state index contributed by atoms with van der Waals surface area (Å²) in [7, 11) is 1.54. The monoisotopic (exact) mass is 268 g/mol. The number of nitrogens with zero attached hydrogens (tertiary/aromatic N) is 1. The zero-order chi connectivity index (χ0) is 14.4. The zero-order valence-corrected chi connectivity index (χ0v) is 10.4. The van der Waals surface area contributed by atoms with Crippen LogP contribution in [0.25, 0.3) is 0 Å². The summed E-state index contributed by atoms with van der Waals surface area (Å²) in [5, 5.41) is 29.1. The summed E-state index contributed by atoms with van der Waals surface area (Å²) in [5.41, 5.74) is 0.578. The van der Waals surface area contributed by atoms with Crippen LogP contribution in [0.5, 0.6) is 5.75 Å². The van der Waals surface area contributed by atoms with E-state index in [-0.39, 0.29) is 18.7 Å². The van der Waals surface area contributed by atoms with Crippen LogP contribution in [0.1, 0.15) is 6.42 Å². The van der Waals surface area contributed by atoms with Gasteiger partial charge < -0.3 is 20.6 Å². The highest BCUT2D eigenvalue weighted by Gasteiger charge is 2.14. The van der Waals surface area contributed by atoms with Crippen LogP contribution in [0.15, 0.2) is 24.3 Å². The molecule has 2 amide bonds. The van der Waals surface area contributed by atoms with Crippen molar-refractivity contribution in [2.45, 2.75) is 12.5 Å². The maximum atomic E-state index is 11.7. The molecule has 7 heteroatoms. The van der Waals surface area contributed by atoms with Crippen molar-refractivity contribution in [3.63, 3.8) is 0 Å². The van der Waals surface area contributed by atoms with Gasteiger partial charge in [0.15, 0.2) is 6.10 Å². The lowest BCUT2D eigenvalue weighted by Crippen LogP contribution is -2.39. The molecule has 19 heavy (non-hydrogen) atoms. The van der Waals surface area contributed by atoms with Gasteiger partial charge in [0.25, 0.3) is 0 Å². The second-order valence-corrected chi connectivity index (χ2v) is 3.95. The van der Waals surface area contributed by atoms with Gasteiger partial charge in [-0.3, -0.25) is 4.90 Å². The number of nitrogens with one attached hydrogen (secondary N) is 1. The van der Waals surface area contributed by atoms with Gasteiger partial charge in [-0.15, -0.1) is 0 Å². The summed E-state index contributed by atoms with van der Waals surface area (Å²) >= 11 is 0. The first-order valence-corrected chi connectivity index (χ1v) is 5.63. The lowest BCUT2D eigenvalue weighted by atomic mass is 10.2. The number of amides is 2. The van der Waals surface area contributed by atoms with Crippen LogP contribution >= 0.6 is 0 Å². The molecule has 0 aromatic heterocycles. The molecular weight excluding hydrogens is 252 g/mol. The van der Waals surface area contributed by atoms with Crippen LogP contribution in [0.4, 0.5) is 10.5 Å². The fraction of sp³-hybridized carbons (Fsp3) is 0.333.